The Balaban J connectivity index is 1.54. The number of rotatable bonds is 4. The monoisotopic (exact) mass is 357 g/mol. The van der Waals surface area contributed by atoms with Crippen molar-refractivity contribution in [2.75, 3.05) is 0 Å². The maximum Gasteiger partial charge on any atom is 0.194 e. The van der Waals surface area contributed by atoms with Crippen LogP contribution in [0.1, 0.15) is 36.8 Å². The lowest BCUT2D eigenvalue weighted by Gasteiger charge is -2.45. The van der Waals surface area contributed by atoms with Crippen LogP contribution in [-0.2, 0) is 13.0 Å². The second-order valence-electron chi connectivity index (χ2n) is 7.35. The molecule has 4 rings (SSSR count). The van der Waals surface area contributed by atoms with Crippen molar-refractivity contribution < 1.29 is 13.2 Å². The average Bonchev–Trinajstić information content (AvgIpc) is 2.64. The number of halogens is 3. The van der Waals surface area contributed by atoms with Gasteiger partial charge in [0.2, 0.25) is 0 Å². The van der Waals surface area contributed by atoms with Crippen LogP contribution in [0.25, 0.3) is 0 Å². The first-order chi connectivity index (χ1) is 12.6. The van der Waals surface area contributed by atoms with Gasteiger partial charge in [-0.25, -0.2) is 13.2 Å². The topological polar surface area (TPSA) is 3.24 Å². The molecule has 136 valence electrons. The maximum absolute atomic E-state index is 14.0. The molecule has 2 aliphatic rings. The van der Waals surface area contributed by atoms with E-state index in [-0.39, 0.29) is 5.56 Å². The van der Waals surface area contributed by atoms with E-state index in [1.165, 1.54) is 18.1 Å². The third kappa shape index (κ3) is 3.43. The van der Waals surface area contributed by atoms with Crippen molar-refractivity contribution in [1.29, 1.82) is 0 Å². The fraction of sp³-hybridized carbons (Fsp3) is 0.364. The molecule has 0 radical (unpaired) electrons. The van der Waals surface area contributed by atoms with Gasteiger partial charge in [0.1, 0.15) is 0 Å². The zero-order chi connectivity index (χ0) is 18.1. The molecule has 1 fully saturated rings. The second-order valence-corrected chi connectivity index (χ2v) is 7.35. The first kappa shape index (κ1) is 17.3. The van der Waals surface area contributed by atoms with Crippen LogP contribution in [0.3, 0.4) is 0 Å². The lowest BCUT2D eigenvalue weighted by molar-refractivity contribution is 0.0880. The molecule has 1 nitrogen and oxygen atoms in total. The Bertz CT molecular complexity index is 816. The second kappa shape index (κ2) is 7.28. The summed E-state index contributed by atoms with van der Waals surface area (Å²) in [7, 11) is 0. The van der Waals surface area contributed by atoms with Gasteiger partial charge < -0.3 is 0 Å². The van der Waals surface area contributed by atoms with Crippen molar-refractivity contribution in [2.24, 2.45) is 0 Å². The van der Waals surface area contributed by atoms with E-state index in [1.807, 2.05) is 6.07 Å². The molecular formula is C22H22F3N. The van der Waals surface area contributed by atoms with E-state index in [2.05, 4.69) is 35.2 Å². The zero-order valence-electron chi connectivity index (χ0n) is 14.6. The quantitative estimate of drug-likeness (QED) is 0.523. The van der Waals surface area contributed by atoms with E-state index in [4.69, 9.17) is 0 Å². The number of nitrogens with zero attached hydrogens (tertiary/aromatic N) is 1. The first-order valence-corrected chi connectivity index (χ1v) is 9.23. The number of benzene rings is 2. The summed E-state index contributed by atoms with van der Waals surface area (Å²) in [6.45, 7) is 0.916. The molecule has 26 heavy (non-hydrogen) atoms. The fourth-order valence-corrected chi connectivity index (χ4v) is 4.32. The summed E-state index contributed by atoms with van der Waals surface area (Å²) in [6, 6.07) is 13.6. The summed E-state index contributed by atoms with van der Waals surface area (Å²) in [4.78, 5) is 2.53. The zero-order valence-corrected chi connectivity index (χ0v) is 14.6. The lowest BCUT2D eigenvalue weighted by atomic mass is 9.83. The minimum absolute atomic E-state index is 0.240. The molecule has 0 saturated carbocycles. The van der Waals surface area contributed by atoms with E-state index >= 15 is 0 Å². The molecule has 0 spiro atoms. The van der Waals surface area contributed by atoms with Gasteiger partial charge in [0.05, 0.1) is 0 Å². The molecular weight excluding hydrogens is 335 g/mol. The predicted molar refractivity (Wildman–Crippen MR) is 96.1 cm³/mol. The highest BCUT2D eigenvalue weighted by Gasteiger charge is 2.33. The molecule has 2 atom stereocenters. The molecule has 2 aliphatic heterocycles. The van der Waals surface area contributed by atoms with Crippen LogP contribution in [0.5, 0.6) is 0 Å². The number of hydrogen-bond donors (Lipinski definition) is 0. The van der Waals surface area contributed by atoms with E-state index in [0.717, 1.165) is 37.4 Å². The third-order valence-corrected chi connectivity index (χ3v) is 5.60. The largest absolute Gasteiger partial charge is 0.289 e. The minimum Gasteiger partial charge on any atom is -0.289 e. The van der Waals surface area contributed by atoms with Crippen molar-refractivity contribution in [1.82, 2.24) is 4.90 Å². The van der Waals surface area contributed by atoms with Crippen LogP contribution < -0.4 is 0 Å². The summed E-state index contributed by atoms with van der Waals surface area (Å²) >= 11 is 0. The Labute approximate surface area is 152 Å². The molecule has 2 heterocycles. The predicted octanol–water partition coefficient (Wildman–Crippen LogP) is 5.40. The summed E-state index contributed by atoms with van der Waals surface area (Å²) in [5.74, 6) is -3.55. The standard InChI is InChI=1S/C22H22F3N/c23-20-10-9-17(21(24)22(20)25)11-16-12-18-7-4-8-19(13-16)26(18)14-15-5-2-1-3-6-15/h1-3,5-6,9-10,12,18-19H,4,7-8,11,13-14H2. The van der Waals surface area contributed by atoms with Gasteiger partial charge in [-0.1, -0.05) is 54.5 Å². The summed E-state index contributed by atoms with van der Waals surface area (Å²) in [5, 5.41) is 0. The Hall–Kier alpha value is -2.07. The van der Waals surface area contributed by atoms with Crippen LogP contribution in [0, 0.1) is 17.5 Å². The molecule has 2 aromatic carbocycles. The summed E-state index contributed by atoms with van der Waals surface area (Å²) in [5.41, 5.74) is 2.67. The molecule has 0 aromatic heterocycles. The van der Waals surface area contributed by atoms with Crippen LogP contribution in [0.2, 0.25) is 0 Å². The third-order valence-electron chi connectivity index (χ3n) is 5.60. The van der Waals surface area contributed by atoms with Gasteiger partial charge in [-0.05, 0) is 42.9 Å². The molecule has 0 N–H and O–H groups in total. The number of fused-ring (bicyclic) bond motifs is 2. The van der Waals surface area contributed by atoms with Gasteiger partial charge in [0.25, 0.3) is 0 Å². The molecule has 2 aromatic rings. The van der Waals surface area contributed by atoms with Crippen LogP contribution in [-0.4, -0.2) is 17.0 Å². The first-order valence-electron chi connectivity index (χ1n) is 9.23. The van der Waals surface area contributed by atoms with E-state index in [9.17, 15) is 13.2 Å². The fourth-order valence-electron chi connectivity index (χ4n) is 4.32. The molecule has 1 saturated heterocycles. The number of piperidine rings is 1. The Morgan fingerprint density at radius 3 is 2.50 bits per heavy atom. The van der Waals surface area contributed by atoms with Gasteiger partial charge >= 0.3 is 0 Å². The highest BCUT2D eigenvalue weighted by Crippen LogP contribution is 2.35. The number of hydrogen-bond acceptors (Lipinski definition) is 1. The van der Waals surface area contributed by atoms with Gasteiger partial charge in [-0.2, -0.15) is 0 Å². The van der Waals surface area contributed by atoms with Gasteiger partial charge in [0, 0.05) is 18.6 Å². The summed E-state index contributed by atoms with van der Waals surface area (Å²) in [6.07, 6.45) is 6.86. The molecule has 0 aliphatic carbocycles. The lowest BCUT2D eigenvalue weighted by Crippen LogP contribution is -2.48. The van der Waals surface area contributed by atoms with Crippen molar-refractivity contribution >= 4 is 0 Å². The van der Waals surface area contributed by atoms with Crippen LogP contribution in [0.15, 0.2) is 54.1 Å². The summed E-state index contributed by atoms with van der Waals surface area (Å²) < 4.78 is 40.7. The molecule has 2 unspecified atom stereocenters. The van der Waals surface area contributed by atoms with Gasteiger partial charge in [0.15, 0.2) is 17.5 Å². The average molecular weight is 357 g/mol. The molecule has 0 amide bonds. The van der Waals surface area contributed by atoms with Gasteiger partial charge in [-0.3, -0.25) is 4.90 Å². The Kier molecular flexibility index (Phi) is 4.86. The van der Waals surface area contributed by atoms with Crippen molar-refractivity contribution in [3.8, 4) is 0 Å². The van der Waals surface area contributed by atoms with E-state index < -0.39 is 17.5 Å². The molecule has 2 bridgehead atoms. The highest BCUT2D eigenvalue weighted by atomic mass is 19.2. The molecule has 4 heteroatoms. The normalized spacial score (nSPS) is 23.0. The Morgan fingerprint density at radius 1 is 0.923 bits per heavy atom. The smallest absolute Gasteiger partial charge is 0.194 e. The Morgan fingerprint density at radius 2 is 1.73 bits per heavy atom. The van der Waals surface area contributed by atoms with Crippen molar-refractivity contribution in [3.05, 3.63) is 82.7 Å². The van der Waals surface area contributed by atoms with E-state index in [0.29, 0.717) is 18.5 Å². The van der Waals surface area contributed by atoms with Gasteiger partial charge in [-0.15, -0.1) is 0 Å². The maximum atomic E-state index is 14.0. The van der Waals surface area contributed by atoms with Crippen molar-refractivity contribution in [2.45, 2.75) is 50.7 Å². The SMILES string of the molecule is Fc1ccc(CC2=CC3CCCC(C2)N3Cc2ccccc2)c(F)c1F. The van der Waals surface area contributed by atoms with Crippen molar-refractivity contribution in [3.63, 3.8) is 0 Å². The highest BCUT2D eigenvalue weighted by molar-refractivity contribution is 5.28. The van der Waals surface area contributed by atoms with E-state index in [1.54, 1.807) is 0 Å². The van der Waals surface area contributed by atoms with Crippen LogP contribution >= 0.6 is 0 Å². The minimum atomic E-state index is -1.37. The van der Waals surface area contributed by atoms with Crippen LogP contribution in [0.4, 0.5) is 13.2 Å².